The average molecular weight is 342 g/mol. The van der Waals surface area contributed by atoms with Gasteiger partial charge >= 0.3 is 0 Å². The molecule has 0 bridgehead atoms. The first kappa shape index (κ1) is 15.9. The molecule has 25 heavy (non-hydrogen) atoms. The van der Waals surface area contributed by atoms with Crippen LogP contribution >= 0.6 is 0 Å². The number of nitrogens with zero attached hydrogens (tertiary/aromatic N) is 3. The van der Waals surface area contributed by atoms with Crippen molar-refractivity contribution in [2.75, 3.05) is 32.8 Å². The molecular formula is C20H30N4O. The average Bonchev–Trinajstić information content (AvgIpc) is 2.91. The van der Waals surface area contributed by atoms with Crippen molar-refractivity contribution in [3.63, 3.8) is 0 Å². The minimum absolute atomic E-state index is 0.221. The molecule has 5 rings (SSSR count). The van der Waals surface area contributed by atoms with Crippen LogP contribution in [-0.2, 0) is 4.74 Å². The number of hydrogen-bond acceptors (Lipinski definition) is 4. The molecule has 3 atom stereocenters. The van der Waals surface area contributed by atoms with Crippen molar-refractivity contribution in [2.45, 2.75) is 45.7 Å². The number of fused-ring (bicyclic) bond motifs is 1. The van der Waals surface area contributed by atoms with E-state index in [0.29, 0.717) is 18.0 Å². The van der Waals surface area contributed by atoms with E-state index in [1.54, 1.807) is 0 Å². The molecule has 5 heteroatoms. The molecule has 3 fully saturated rings. The fraction of sp³-hybridized carbons (Fsp3) is 0.750. The van der Waals surface area contributed by atoms with Crippen molar-refractivity contribution < 1.29 is 4.74 Å². The van der Waals surface area contributed by atoms with Gasteiger partial charge in [0.2, 0.25) is 0 Å². The first-order valence-corrected chi connectivity index (χ1v) is 9.81. The molecular weight excluding hydrogens is 312 g/mol. The normalized spacial score (nSPS) is 34.0. The number of aromatic nitrogens is 2. The molecule has 0 radical (unpaired) electrons. The molecule has 2 saturated heterocycles. The van der Waals surface area contributed by atoms with E-state index in [4.69, 9.17) is 9.84 Å². The van der Waals surface area contributed by atoms with Crippen molar-refractivity contribution in [1.82, 2.24) is 20.0 Å². The topological polar surface area (TPSA) is 42.3 Å². The molecule has 0 amide bonds. The quantitative estimate of drug-likeness (QED) is 0.913. The van der Waals surface area contributed by atoms with E-state index >= 15 is 0 Å². The fourth-order valence-electron chi connectivity index (χ4n) is 4.91. The molecule has 1 saturated carbocycles. The van der Waals surface area contributed by atoms with Crippen LogP contribution in [0.1, 0.15) is 51.0 Å². The zero-order chi connectivity index (χ0) is 17.3. The molecule has 1 N–H and O–H groups in total. The third kappa shape index (κ3) is 2.55. The highest BCUT2D eigenvalue weighted by Crippen LogP contribution is 2.59. The molecule has 136 valence electrons. The molecule has 0 spiro atoms. The summed E-state index contributed by atoms with van der Waals surface area (Å²) in [6.45, 7) is 14.4. The number of rotatable bonds is 4. The third-order valence-corrected chi connectivity index (χ3v) is 6.50. The Morgan fingerprint density at radius 2 is 1.96 bits per heavy atom. The second-order valence-electron chi connectivity index (χ2n) is 9.39. The summed E-state index contributed by atoms with van der Waals surface area (Å²) in [4.78, 5) is 2.65. The molecule has 1 aliphatic carbocycles. The van der Waals surface area contributed by atoms with Crippen LogP contribution in [0.5, 0.6) is 0 Å². The molecule has 0 unspecified atom stereocenters. The monoisotopic (exact) mass is 342 g/mol. The third-order valence-electron chi connectivity index (χ3n) is 6.50. The van der Waals surface area contributed by atoms with Gasteiger partial charge < -0.3 is 10.1 Å². The largest absolute Gasteiger partial charge is 0.383 e. The van der Waals surface area contributed by atoms with E-state index in [2.05, 4.69) is 54.7 Å². The lowest BCUT2D eigenvalue weighted by Gasteiger charge is -2.35. The summed E-state index contributed by atoms with van der Waals surface area (Å²) < 4.78 is 7.65. The van der Waals surface area contributed by atoms with Crippen molar-refractivity contribution in [1.29, 1.82) is 0 Å². The van der Waals surface area contributed by atoms with E-state index in [1.165, 1.54) is 24.5 Å². The van der Waals surface area contributed by atoms with Gasteiger partial charge in [-0.05, 0) is 31.7 Å². The van der Waals surface area contributed by atoms with Crippen LogP contribution in [0.4, 0.5) is 0 Å². The van der Waals surface area contributed by atoms with Crippen LogP contribution in [0, 0.1) is 17.3 Å². The van der Waals surface area contributed by atoms with Gasteiger partial charge in [-0.1, -0.05) is 19.9 Å². The molecule has 5 nitrogen and oxygen atoms in total. The summed E-state index contributed by atoms with van der Waals surface area (Å²) in [5.41, 5.74) is 4.02. The van der Waals surface area contributed by atoms with Gasteiger partial charge in [0.1, 0.15) is 5.69 Å². The first-order valence-electron chi connectivity index (χ1n) is 9.81. The maximum atomic E-state index is 5.37. The molecule has 0 aromatic carbocycles. The molecule has 1 aromatic heterocycles. The van der Waals surface area contributed by atoms with Crippen molar-refractivity contribution >= 4 is 5.70 Å². The van der Waals surface area contributed by atoms with Crippen molar-refractivity contribution in [2.24, 2.45) is 17.3 Å². The summed E-state index contributed by atoms with van der Waals surface area (Å²) in [7, 11) is 0. The van der Waals surface area contributed by atoms with Crippen LogP contribution in [0.15, 0.2) is 12.1 Å². The number of likely N-dealkylation sites (tertiary alicyclic amines) is 1. The second kappa shape index (κ2) is 5.34. The van der Waals surface area contributed by atoms with Gasteiger partial charge in [-0.2, -0.15) is 5.10 Å². The lowest BCUT2D eigenvalue weighted by Crippen LogP contribution is -2.48. The van der Waals surface area contributed by atoms with Crippen LogP contribution in [0.3, 0.4) is 0 Å². The van der Waals surface area contributed by atoms with Gasteiger partial charge in [-0.25, -0.2) is 0 Å². The smallest absolute Gasteiger partial charge is 0.108 e. The Kier molecular flexibility index (Phi) is 3.39. The van der Waals surface area contributed by atoms with E-state index in [9.17, 15) is 0 Å². The van der Waals surface area contributed by atoms with E-state index in [1.807, 2.05) is 0 Å². The van der Waals surface area contributed by atoms with E-state index in [0.717, 1.165) is 37.3 Å². The zero-order valence-corrected chi connectivity index (χ0v) is 15.8. The highest BCUT2D eigenvalue weighted by atomic mass is 16.5. The molecule has 4 heterocycles. The Morgan fingerprint density at radius 3 is 2.48 bits per heavy atom. The lowest BCUT2D eigenvalue weighted by molar-refractivity contribution is -0.0610. The van der Waals surface area contributed by atoms with Crippen LogP contribution < -0.4 is 5.32 Å². The van der Waals surface area contributed by atoms with Gasteiger partial charge in [-0.15, -0.1) is 0 Å². The first-order chi connectivity index (χ1) is 11.9. The SMILES string of the molecule is CC(C)n1nc(C2=CC(C)(C)CN2)cc1[C@H]1[C@@H]2CN(C3COC3)C[C@@H]21. The van der Waals surface area contributed by atoms with Gasteiger partial charge in [0.25, 0.3) is 0 Å². The predicted octanol–water partition coefficient (Wildman–Crippen LogP) is 2.48. The molecule has 4 aliphatic rings. The molecule has 1 aromatic rings. The van der Waals surface area contributed by atoms with Crippen LogP contribution in [0.2, 0.25) is 0 Å². The maximum absolute atomic E-state index is 5.37. The predicted molar refractivity (Wildman–Crippen MR) is 98.3 cm³/mol. The maximum Gasteiger partial charge on any atom is 0.108 e. The van der Waals surface area contributed by atoms with Gasteiger partial charge in [0.15, 0.2) is 0 Å². The summed E-state index contributed by atoms with van der Waals surface area (Å²) in [5.74, 6) is 2.35. The van der Waals surface area contributed by atoms with Gasteiger partial charge in [0, 0.05) is 42.7 Å². The Hall–Kier alpha value is -1.33. The lowest BCUT2D eigenvalue weighted by atomic mass is 9.95. The van der Waals surface area contributed by atoms with Crippen LogP contribution in [-0.4, -0.2) is 53.6 Å². The number of hydrogen-bond donors (Lipinski definition) is 1. The summed E-state index contributed by atoms with van der Waals surface area (Å²) in [6, 6.07) is 3.46. The van der Waals surface area contributed by atoms with Crippen molar-refractivity contribution in [3.8, 4) is 0 Å². The second-order valence-corrected chi connectivity index (χ2v) is 9.39. The number of piperidine rings is 1. The fourth-order valence-corrected chi connectivity index (χ4v) is 4.91. The van der Waals surface area contributed by atoms with E-state index < -0.39 is 0 Å². The summed E-state index contributed by atoms with van der Waals surface area (Å²) >= 11 is 0. The minimum Gasteiger partial charge on any atom is -0.383 e. The van der Waals surface area contributed by atoms with Gasteiger partial charge in [-0.3, -0.25) is 9.58 Å². The standard InChI is InChI=1S/C20H30N4O/c1-12(2)24-18(5-16(22-24)17-6-20(3,4)11-21-17)19-14-7-23(8-15(14)19)13-9-25-10-13/h5-6,12-15,19,21H,7-11H2,1-4H3/t14-,15+,19+. The highest BCUT2D eigenvalue weighted by molar-refractivity contribution is 5.64. The molecule has 3 aliphatic heterocycles. The highest BCUT2D eigenvalue weighted by Gasteiger charge is 2.58. The minimum atomic E-state index is 0.221. The summed E-state index contributed by atoms with van der Waals surface area (Å²) in [6.07, 6.45) is 2.34. The van der Waals surface area contributed by atoms with Gasteiger partial charge in [0.05, 0.1) is 25.0 Å². The number of nitrogens with one attached hydrogen (secondary N) is 1. The summed E-state index contributed by atoms with van der Waals surface area (Å²) in [5, 5.41) is 8.53. The Morgan fingerprint density at radius 1 is 1.24 bits per heavy atom. The number of ether oxygens (including phenoxy) is 1. The van der Waals surface area contributed by atoms with Crippen molar-refractivity contribution in [3.05, 3.63) is 23.5 Å². The Balaban J connectivity index is 1.37. The van der Waals surface area contributed by atoms with Crippen LogP contribution in [0.25, 0.3) is 5.70 Å². The zero-order valence-electron chi connectivity index (χ0n) is 15.8. The Bertz CT molecular complexity index is 703. The Labute approximate surface area is 150 Å². The van der Waals surface area contributed by atoms with E-state index in [-0.39, 0.29) is 5.41 Å².